The summed E-state index contributed by atoms with van der Waals surface area (Å²) in [5, 5.41) is 7.01. The SMILES string of the molecule is NC(=O)C[C@H](Cc1cc(F)cc(F)c1)c1nc2nc(-c3ccc(N4CCNCC4)cc3)sc2cc1-c1ccc2c(c1)C(=O)NC2. The van der Waals surface area contributed by atoms with Gasteiger partial charge in [0.1, 0.15) is 16.6 Å². The van der Waals surface area contributed by atoms with Gasteiger partial charge in [-0.25, -0.2) is 18.7 Å². The van der Waals surface area contributed by atoms with Gasteiger partial charge in [0.05, 0.1) is 10.4 Å². The molecular weight excluding hydrogens is 594 g/mol. The zero-order chi connectivity index (χ0) is 31.1. The van der Waals surface area contributed by atoms with Gasteiger partial charge in [-0.05, 0) is 71.6 Å². The molecule has 0 radical (unpaired) electrons. The zero-order valence-corrected chi connectivity index (χ0v) is 25.1. The van der Waals surface area contributed by atoms with E-state index in [2.05, 4.69) is 39.8 Å². The highest BCUT2D eigenvalue weighted by molar-refractivity contribution is 7.21. The van der Waals surface area contributed by atoms with Crippen LogP contribution in [0.5, 0.6) is 0 Å². The molecule has 2 amide bonds. The Balaban J connectivity index is 1.33. The monoisotopic (exact) mass is 624 g/mol. The first-order chi connectivity index (χ1) is 21.8. The summed E-state index contributed by atoms with van der Waals surface area (Å²) in [6, 6.07) is 19.3. The lowest BCUT2D eigenvalue weighted by atomic mass is 9.87. The normalized spacial score (nSPS) is 15.2. The number of pyridine rings is 1. The number of amides is 2. The van der Waals surface area contributed by atoms with Crippen LogP contribution in [-0.4, -0.2) is 48.0 Å². The van der Waals surface area contributed by atoms with Crippen LogP contribution < -0.4 is 21.3 Å². The van der Waals surface area contributed by atoms with E-state index >= 15 is 0 Å². The number of carbonyl (C=O) groups excluding carboxylic acids is 2. The topological polar surface area (TPSA) is 113 Å². The number of nitrogens with zero attached hydrogens (tertiary/aromatic N) is 3. The Morgan fingerprint density at radius 2 is 1.67 bits per heavy atom. The van der Waals surface area contributed by atoms with Crippen LogP contribution in [-0.2, 0) is 17.8 Å². The molecule has 0 unspecified atom stereocenters. The number of nitrogens with one attached hydrogen (secondary N) is 2. The van der Waals surface area contributed by atoms with Gasteiger partial charge in [-0.2, -0.15) is 0 Å². The third kappa shape index (κ3) is 6.01. The Morgan fingerprint density at radius 1 is 0.933 bits per heavy atom. The summed E-state index contributed by atoms with van der Waals surface area (Å²) in [6.07, 6.45) is 0.0264. The zero-order valence-electron chi connectivity index (χ0n) is 24.3. The van der Waals surface area contributed by atoms with E-state index in [9.17, 15) is 18.4 Å². The molecule has 11 heteroatoms. The Bertz CT molecular complexity index is 1920. The summed E-state index contributed by atoms with van der Waals surface area (Å²) in [5.74, 6) is -2.74. The molecule has 4 heterocycles. The lowest BCUT2D eigenvalue weighted by Crippen LogP contribution is -2.43. The number of anilines is 1. The molecule has 45 heavy (non-hydrogen) atoms. The van der Waals surface area contributed by atoms with Crippen molar-refractivity contribution in [1.29, 1.82) is 0 Å². The number of halogens is 2. The first-order valence-electron chi connectivity index (χ1n) is 14.8. The lowest BCUT2D eigenvalue weighted by Gasteiger charge is -2.29. The maximum Gasteiger partial charge on any atom is 0.251 e. The summed E-state index contributed by atoms with van der Waals surface area (Å²) in [6.45, 7) is 4.27. The molecule has 8 nitrogen and oxygen atoms in total. The van der Waals surface area contributed by atoms with Gasteiger partial charge < -0.3 is 21.3 Å². The van der Waals surface area contributed by atoms with Gasteiger partial charge in [-0.15, -0.1) is 11.3 Å². The minimum atomic E-state index is -0.705. The molecule has 7 rings (SSSR count). The smallest absolute Gasteiger partial charge is 0.251 e. The molecule has 4 N–H and O–H groups in total. The Kier molecular flexibility index (Phi) is 7.72. The second kappa shape index (κ2) is 12.0. The van der Waals surface area contributed by atoms with Gasteiger partial charge in [0.2, 0.25) is 5.91 Å². The van der Waals surface area contributed by atoms with Crippen LogP contribution in [0.1, 0.15) is 39.5 Å². The van der Waals surface area contributed by atoms with Crippen molar-refractivity contribution in [3.05, 3.63) is 101 Å². The number of primary amides is 1. The fraction of sp³-hybridized carbons (Fsp3) is 0.235. The molecule has 3 aromatic carbocycles. The van der Waals surface area contributed by atoms with E-state index in [1.54, 1.807) is 0 Å². The van der Waals surface area contributed by atoms with Gasteiger partial charge in [-0.3, -0.25) is 9.59 Å². The summed E-state index contributed by atoms with van der Waals surface area (Å²) >= 11 is 1.50. The summed E-state index contributed by atoms with van der Waals surface area (Å²) in [4.78, 5) is 37.1. The molecule has 5 aromatic rings. The molecule has 0 saturated carbocycles. The largest absolute Gasteiger partial charge is 0.370 e. The predicted molar refractivity (Wildman–Crippen MR) is 171 cm³/mol. The van der Waals surface area contributed by atoms with Crippen molar-refractivity contribution in [2.45, 2.75) is 25.3 Å². The molecule has 0 aliphatic carbocycles. The van der Waals surface area contributed by atoms with Crippen LogP contribution in [0.4, 0.5) is 14.5 Å². The van der Waals surface area contributed by atoms with Crippen molar-refractivity contribution in [2.24, 2.45) is 5.73 Å². The maximum absolute atomic E-state index is 14.2. The van der Waals surface area contributed by atoms with Crippen molar-refractivity contribution >= 4 is 39.2 Å². The number of rotatable bonds is 8. The first-order valence-corrected chi connectivity index (χ1v) is 15.6. The number of hydrogen-bond donors (Lipinski definition) is 3. The number of nitrogens with two attached hydrogens (primary N) is 1. The third-order valence-electron chi connectivity index (χ3n) is 8.35. The highest BCUT2D eigenvalue weighted by atomic mass is 32.1. The molecule has 2 aliphatic rings. The molecule has 228 valence electrons. The van der Waals surface area contributed by atoms with Gasteiger partial charge in [0.25, 0.3) is 5.91 Å². The van der Waals surface area contributed by atoms with Crippen molar-refractivity contribution in [3.63, 3.8) is 0 Å². The van der Waals surface area contributed by atoms with Crippen LogP contribution in [0.15, 0.2) is 66.7 Å². The first kappa shape index (κ1) is 29.0. The van der Waals surface area contributed by atoms with E-state index in [4.69, 9.17) is 15.7 Å². The molecule has 0 spiro atoms. The van der Waals surface area contributed by atoms with Gasteiger partial charge >= 0.3 is 0 Å². The Hall–Kier alpha value is -4.74. The third-order valence-corrected chi connectivity index (χ3v) is 9.39. The number of fused-ring (bicyclic) bond motifs is 2. The van der Waals surface area contributed by atoms with Crippen LogP contribution in [0.25, 0.3) is 32.0 Å². The number of hydrogen-bond acceptors (Lipinski definition) is 7. The predicted octanol–water partition coefficient (Wildman–Crippen LogP) is 5.16. The molecule has 1 atom stereocenters. The average molecular weight is 625 g/mol. The van der Waals surface area contributed by atoms with E-state index < -0.39 is 23.5 Å². The molecule has 0 bridgehead atoms. The van der Waals surface area contributed by atoms with Crippen LogP contribution in [0.2, 0.25) is 0 Å². The van der Waals surface area contributed by atoms with Crippen LogP contribution in [0, 0.1) is 11.6 Å². The van der Waals surface area contributed by atoms with E-state index in [0.717, 1.165) is 64.3 Å². The second-order valence-corrected chi connectivity index (χ2v) is 12.5. The molecular formula is C34H30F2N6O2S. The minimum Gasteiger partial charge on any atom is -0.370 e. The average Bonchev–Trinajstić information content (AvgIpc) is 3.62. The van der Waals surface area contributed by atoms with Gasteiger partial charge in [-0.1, -0.05) is 12.1 Å². The summed E-state index contributed by atoms with van der Waals surface area (Å²) in [7, 11) is 0. The highest BCUT2D eigenvalue weighted by Crippen LogP contribution is 2.39. The fourth-order valence-electron chi connectivity index (χ4n) is 6.18. The van der Waals surface area contributed by atoms with E-state index in [1.165, 1.54) is 23.5 Å². The van der Waals surface area contributed by atoms with Crippen LogP contribution in [0.3, 0.4) is 0 Å². The van der Waals surface area contributed by atoms with Crippen LogP contribution >= 0.6 is 11.3 Å². The van der Waals surface area contributed by atoms with Crippen molar-refractivity contribution in [2.75, 3.05) is 31.1 Å². The molecule has 2 aliphatic heterocycles. The van der Waals surface area contributed by atoms with Crippen molar-refractivity contribution in [3.8, 4) is 21.7 Å². The lowest BCUT2D eigenvalue weighted by molar-refractivity contribution is -0.118. The minimum absolute atomic E-state index is 0.0977. The highest BCUT2D eigenvalue weighted by Gasteiger charge is 2.26. The molecule has 1 saturated heterocycles. The Morgan fingerprint density at radius 3 is 2.40 bits per heavy atom. The van der Waals surface area contributed by atoms with Crippen molar-refractivity contribution in [1.82, 2.24) is 20.6 Å². The number of thiazole rings is 1. The quantitative estimate of drug-likeness (QED) is 0.220. The standard InChI is InChI=1S/C34H30F2N6O2S/c35-24-12-19(13-25(36)16-24)11-23(15-30(37)43)31-27(21-1-2-22-18-39-33(44)28(22)14-21)17-29-32(40-31)41-34(45-29)20-3-5-26(6-4-20)42-9-7-38-8-10-42/h1-6,12-14,16-17,23,38H,7-11,15,18H2,(H2,37,43)(H,39,44)/t23-/m0/s1. The molecule has 2 aromatic heterocycles. The number of benzene rings is 3. The van der Waals surface area contributed by atoms with Gasteiger partial charge in [0.15, 0.2) is 5.65 Å². The van der Waals surface area contributed by atoms with E-state index in [0.29, 0.717) is 34.6 Å². The van der Waals surface area contributed by atoms with E-state index in [-0.39, 0.29) is 18.7 Å². The maximum atomic E-state index is 14.2. The Labute approximate surface area is 262 Å². The number of carbonyl (C=O) groups is 2. The molecule has 1 fully saturated rings. The number of aromatic nitrogens is 2. The summed E-state index contributed by atoms with van der Waals surface area (Å²) < 4.78 is 29.1. The fourth-order valence-corrected chi connectivity index (χ4v) is 7.14. The summed E-state index contributed by atoms with van der Waals surface area (Å²) in [5.41, 5.74) is 12.1. The second-order valence-electron chi connectivity index (χ2n) is 11.4. The van der Waals surface area contributed by atoms with E-state index in [1.807, 2.05) is 24.3 Å². The van der Waals surface area contributed by atoms with Gasteiger partial charge in [0, 0.05) is 73.5 Å². The number of piperazine rings is 1. The van der Waals surface area contributed by atoms with Crippen molar-refractivity contribution < 1.29 is 18.4 Å².